The van der Waals surface area contributed by atoms with Gasteiger partial charge in [-0.2, -0.15) is 0 Å². The molecule has 0 fully saturated rings. The predicted octanol–water partition coefficient (Wildman–Crippen LogP) is 3.37. The average Bonchev–Trinajstić information content (AvgIpc) is 2.79. The molecule has 1 N–H and O–H groups in total. The molecule has 1 aromatic carbocycles. The molecule has 2 aromatic rings. The first-order chi connectivity index (χ1) is 7.77. The van der Waals surface area contributed by atoms with Crippen LogP contribution in [0.3, 0.4) is 0 Å². The number of benzene rings is 1. The van der Waals surface area contributed by atoms with E-state index in [2.05, 4.69) is 0 Å². The minimum absolute atomic E-state index is 0.322. The number of rotatable bonds is 3. The van der Waals surface area contributed by atoms with Crippen molar-refractivity contribution in [2.45, 2.75) is 0 Å². The van der Waals surface area contributed by atoms with Crippen LogP contribution in [0.2, 0.25) is 0 Å². The van der Waals surface area contributed by atoms with Crippen molar-refractivity contribution >= 4 is 29.0 Å². The molecule has 2 rings (SSSR count). The Kier molecular flexibility index (Phi) is 3.17. The van der Waals surface area contributed by atoms with E-state index >= 15 is 0 Å². The second-order valence-corrected chi connectivity index (χ2v) is 4.22. The Labute approximate surface area is 97.5 Å². The summed E-state index contributed by atoms with van der Waals surface area (Å²) in [5.41, 5.74) is 1.05. The fourth-order valence-electron chi connectivity index (χ4n) is 1.40. The van der Waals surface area contributed by atoms with Crippen LogP contribution in [0.4, 0.5) is 0 Å². The van der Waals surface area contributed by atoms with Gasteiger partial charge in [0.05, 0.1) is 5.57 Å². The van der Waals surface area contributed by atoms with E-state index in [9.17, 15) is 4.79 Å². The maximum Gasteiger partial charge on any atom is 0.336 e. The molecular weight excluding hydrogens is 220 g/mol. The third kappa shape index (κ3) is 2.38. The van der Waals surface area contributed by atoms with E-state index in [1.54, 1.807) is 18.2 Å². The quantitative estimate of drug-likeness (QED) is 0.821. The standard InChI is InChI=1S/C13H10O2S/c14-13(15)12(9-11-7-4-8-16-11)10-5-2-1-3-6-10/h1-9H,(H,14,15)/b12-9-. The zero-order chi connectivity index (χ0) is 11.4. The van der Waals surface area contributed by atoms with Crippen LogP contribution in [0, 0.1) is 0 Å². The van der Waals surface area contributed by atoms with Crippen LogP contribution in [-0.4, -0.2) is 11.1 Å². The molecule has 2 nitrogen and oxygen atoms in total. The van der Waals surface area contributed by atoms with Crippen molar-refractivity contribution in [2.24, 2.45) is 0 Å². The number of hydrogen-bond acceptors (Lipinski definition) is 2. The van der Waals surface area contributed by atoms with Gasteiger partial charge in [0.25, 0.3) is 0 Å². The number of hydrogen-bond donors (Lipinski definition) is 1. The normalized spacial score (nSPS) is 11.4. The highest BCUT2D eigenvalue weighted by Crippen LogP contribution is 2.20. The van der Waals surface area contributed by atoms with E-state index in [4.69, 9.17) is 5.11 Å². The lowest BCUT2D eigenvalue weighted by molar-refractivity contribution is -0.130. The highest BCUT2D eigenvalue weighted by molar-refractivity contribution is 7.10. The summed E-state index contributed by atoms with van der Waals surface area (Å²) in [5, 5.41) is 11.1. The topological polar surface area (TPSA) is 37.3 Å². The minimum Gasteiger partial charge on any atom is -0.478 e. The van der Waals surface area contributed by atoms with Crippen LogP contribution in [0.5, 0.6) is 0 Å². The Hall–Kier alpha value is -1.87. The van der Waals surface area contributed by atoms with E-state index in [1.807, 2.05) is 35.7 Å². The van der Waals surface area contributed by atoms with Crippen LogP contribution < -0.4 is 0 Å². The first kappa shape index (κ1) is 10.6. The molecule has 0 spiro atoms. The van der Waals surface area contributed by atoms with Crippen molar-refractivity contribution < 1.29 is 9.90 Å². The molecule has 0 radical (unpaired) electrons. The number of carboxylic acid groups (broad SMARTS) is 1. The maximum atomic E-state index is 11.2. The predicted molar refractivity (Wildman–Crippen MR) is 66.3 cm³/mol. The Morgan fingerprint density at radius 3 is 2.44 bits per heavy atom. The molecule has 0 saturated heterocycles. The van der Waals surface area contributed by atoms with Gasteiger partial charge in [-0.3, -0.25) is 0 Å². The lowest BCUT2D eigenvalue weighted by Crippen LogP contribution is -1.98. The zero-order valence-corrected chi connectivity index (χ0v) is 9.28. The summed E-state index contributed by atoms with van der Waals surface area (Å²) in [4.78, 5) is 12.1. The fraction of sp³-hybridized carbons (Fsp3) is 0. The molecule has 0 aliphatic rings. The van der Waals surface area contributed by atoms with Crippen molar-refractivity contribution in [1.82, 2.24) is 0 Å². The summed E-state index contributed by atoms with van der Waals surface area (Å²) in [6.45, 7) is 0. The summed E-state index contributed by atoms with van der Waals surface area (Å²) < 4.78 is 0. The van der Waals surface area contributed by atoms with Gasteiger partial charge in [0.1, 0.15) is 0 Å². The Bertz CT molecular complexity index is 498. The lowest BCUT2D eigenvalue weighted by Gasteiger charge is -2.01. The monoisotopic (exact) mass is 230 g/mol. The minimum atomic E-state index is -0.903. The molecule has 0 amide bonds. The molecule has 1 heterocycles. The van der Waals surface area contributed by atoms with Crippen LogP contribution in [-0.2, 0) is 4.79 Å². The summed E-state index contributed by atoms with van der Waals surface area (Å²) in [6.07, 6.45) is 1.70. The van der Waals surface area contributed by atoms with E-state index in [-0.39, 0.29) is 0 Å². The number of carbonyl (C=O) groups is 1. The molecule has 0 atom stereocenters. The Balaban J connectivity index is 2.43. The van der Waals surface area contributed by atoms with Crippen LogP contribution in [0.25, 0.3) is 11.6 Å². The van der Waals surface area contributed by atoms with Gasteiger partial charge in [0.2, 0.25) is 0 Å². The summed E-state index contributed by atoms with van der Waals surface area (Å²) in [7, 11) is 0. The Morgan fingerprint density at radius 2 is 1.88 bits per heavy atom. The van der Waals surface area contributed by atoms with Crippen molar-refractivity contribution in [3.63, 3.8) is 0 Å². The summed E-state index contributed by atoms with van der Waals surface area (Å²) >= 11 is 1.52. The fourth-order valence-corrected chi connectivity index (χ4v) is 2.06. The molecule has 0 unspecified atom stereocenters. The van der Waals surface area contributed by atoms with Crippen molar-refractivity contribution in [1.29, 1.82) is 0 Å². The maximum absolute atomic E-state index is 11.2. The number of carboxylic acids is 1. The molecule has 0 saturated carbocycles. The van der Waals surface area contributed by atoms with Gasteiger partial charge in [-0.25, -0.2) is 4.79 Å². The number of thiophene rings is 1. The molecule has 0 bridgehead atoms. The van der Waals surface area contributed by atoms with E-state index in [1.165, 1.54) is 11.3 Å². The summed E-state index contributed by atoms with van der Waals surface area (Å²) in [5.74, 6) is -0.903. The molecule has 0 aliphatic heterocycles. The first-order valence-corrected chi connectivity index (χ1v) is 5.69. The van der Waals surface area contributed by atoms with Crippen LogP contribution in [0.1, 0.15) is 10.4 Å². The second kappa shape index (κ2) is 4.77. The van der Waals surface area contributed by atoms with E-state index in [0.717, 1.165) is 10.4 Å². The lowest BCUT2D eigenvalue weighted by atomic mass is 10.1. The van der Waals surface area contributed by atoms with Gasteiger partial charge >= 0.3 is 5.97 Å². The van der Waals surface area contributed by atoms with Gasteiger partial charge in [0.15, 0.2) is 0 Å². The molecule has 3 heteroatoms. The SMILES string of the molecule is O=C(O)/C(=C\c1cccs1)c1ccccc1. The number of aliphatic carboxylic acids is 1. The molecular formula is C13H10O2S. The summed E-state index contributed by atoms with van der Waals surface area (Å²) in [6, 6.07) is 12.9. The third-order valence-corrected chi connectivity index (χ3v) is 2.96. The van der Waals surface area contributed by atoms with Crippen LogP contribution in [0.15, 0.2) is 47.8 Å². The van der Waals surface area contributed by atoms with Gasteiger partial charge < -0.3 is 5.11 Å². The third-order valence-electron chi connectivity index (χ3n) is 2.14. The van der Waals surface area contributed by atoms with Crippen molar-refractivity contribution in [2.75, 3.05) is 0 Å². The molecule has 80 valence electrons. The Morgan fingerprint density at radius 1 is 1.12 bits per heavy atom. The molecule has 1 aromatic heterocycles. The highest BCUT2D eigenvalue weighted by Gasteiger charge is 2.09. The average molecular weight is 230 g/mol. The van der Waals surface area contributed by atoms with Gasteiger partial charge in [0, 0.05) is 4.88 Å². The van der Waals surface area contributed by atoms with Gasteiger partial charge in [-0.15, -0.1) is 11.3 Å². The van der Waals surface area contributed by atoms with E-state index in [0.29, 0.717) is 5.57 Å². The van der Waals surface area contributed by atoms with Crippen LogP contribution >= 0.6 is 11.3 Å². The van der Waals surface area contributed by atoms with Crippen molar-refractivity contribution in [3.05, 3.63) is 58.3 Å². The smallest absolute Gasteiger partial charge is 0.336 e. The molecule has 0 aliphatic carbocycles. The van der Waals surface area contributed by atoms with E-state index < -0.39 is 5.97 Å². The second-order valence-electron chi connectivity index (χ2n) is 3.24. The molecule has 16 heavy (non-hydrogen) atoms. The highest BCUT2D eigenvalue weighted by atomic mass is 32.1. The first-order valence-electron chi connectivity index (χ1n) is 4.81. The van der Waals surface area contributed by atoms with Gasteiger partial charge in [-0.05, 0) is 23.1 Å². The zero-order valence-electron chi connectivity index (χ0n) is 8.46. The van der Waals surface area contributed by atoms with Gasteiger partial charge in [-0.1, -0.05) is 36.4 Å². The van der Waals surface area contributed by atoms with Crippen molar-refractivity contribution in [3.8, 4) is 0 Å². The largest absolute Gasteiger partial charge is 0.478 e.